The highest BCUT2D eigenvalue weighted by Crippen LogP contribution is 2.17. The molecule has 0 aliphatic carbocycles. The maximum absolute atomic E-state index is 11.3. The molecule has 0 amide bonds. The molecule has 0 unspecified atom stereocenters. The minimum Gasteiger partial charge on any atom is -0.237 e. The number of aryl methyl sites for hydroxylation is 1. The van der Waals surface area contributed by atoms with E-state index in [0.717, 1.165) is 5.56 Å². The summed E-state index contributed by atoms with van der Waals surface area (Å²) in [7, 11) is -3.16. The van der Waals surface area contributed by atoms with Crippen molar-refractivity contribution in [3.05, 3.63) is 28.7 Å². The van der Waals surface area contributed by atoms with Crippen molar-refractivity contribution in [2.75, 3.05) is 6.26 Å². The molecular weight excluding hydrogens is 212 g/mol. The molecule has 1 aromatic heterocycles. The Balaban J connectivity index is 3.25. The molecule has 0 bridgehead atoms. The number of hydrogen-bond donors (Lipinski definition) is 0. The van der Waals surface area contributed by atoms with Crippen LogP contribution in [0.25, 0.3) is 5.57 Å². The largest absolute Gasteiger partial charge is 0.237 e. The van der Waals surface area contributed by atoms with E-state index in [9.17, 15) is 8.42 Å². The van der Waals surface area contributed by atoms with Gasteiger partial charge in [0.15, 0.2) is 15.7 Å². The first-order valence-corrected chi connectivity index (χ1v) is 6.38. The molecule has 0 aliphatic heterocycles. The fraction of sp³-hybridized carbons (Fsp3) is 0.400. The standard InChI is InChI=1S/C10H14N2O2S/c1-7-5-11-10(12-6-7)8(2)9(3)15(4,13)14/h5-6H,1-4H3/b9-8+. The summed E-state index contributed by atoms with van der Waals surface area (Å²) in [5, 5.41) is 0. The van der Waals surface area contributed by atoms with Crippen LogP contribution < -0.4 is 0 Å². The van der Waals surface area contributed by atoms with Gasteiger partial charge in [-0.1, -0.05) is 0 Å². The molecule has 0 N–H and O–H groups in total. The van der Waals surface area contributed by atoms with Crippen LogP contribution in [-0.4, -0.2) is 24.6 Å². The number of nitrogens with zero attached hydrogens (tertiary/aromatic N) is 2. The molecule has 0 fully saturated rings. The van der Waals surface area contributed by atoms with E-state index in [4.69, 9.17) is 0 Å². The van der Waals surface area contributed by atoms with Crippen LogP contribution in [-0.2, 0) is 9.84 Å². The van der Waals surface area contributed by atoms with Crippen molar-refractivity contribution >= 4 is 15.4 Å². The van der Waals surface area contributed by atoms with Gasteiger partial charge >= 0.3 is 0 Å². The fourth-order valence-electron chi connectivity index (χ4n) is 1.02. The van der Waals surface area contributed by atoms with E-state index in [-0.39, 0.29) is 0 Å². The van der Waals surface area contributed by atoms with Crippen LogP contribution in [0.15, 0.2) is 17.3 Å². The van der Waals surface area contributed by atoms with Crippen molar-refractivity contribution in [1.29, 1.82) is 0 Å². The highest BCUT2D eigenvalue weighted by atomic mass is 32.2. The topological polar surface area (TPSA) is 59.9 Å². The third kappa shape index (κ3) is 2.86. The van der Waals surface area contributed by atoms with Crippen LogP contribution in [0.3, 0.4) is 0 Å². The van der Waals surface area contributed by atoms with Crippen molar-refractivity contribution < 1.29 is 8.42 Å². The molecule has 5 heteroatoms. The Morgan fingerprint density at radius 3 is 2.07 bits per heavy atom. The van der Waals surface area contributed by atoms with Crippen molar-refractivity contribution in [1.82, 2.24) is 9.97 Å². The molecular formula is C10H14N2O2S. The number of aromatic nitrogens is 2. The maximum atomic E-state index is 11.3. The van der Waals surface area contributed by atoms with Crippen LogP contribution >= 0.6 is 0 Å². The van der Waals surface area contributed by atoms with Gasteiger partial charge in [-0.2, -0.15) is 0 Å². The van der Waals surface area contributed by atoms with Crippen molar-refractivity contribution in [3.8, 4) is 0 Å². The smallest absolute Gasteiger partial charge is 0.171 e. The molecule has 82 valence electrons. The summed E-state index contributed by atoms with van der Waals surface area (Å²) < 4.78 is 22.6. The fourth-order valence-corrected chi connectivity index (χ4v) is 1.67. The molecule has 1 rings (SSSR count). The first kappa shape index (κ1) is 11.8. The molecule has 4 nitrogen and oxygen atoms in total. The van der Waals surface area contributed by atoms with Gasteiger partial charge < -0.3 is 0 Å². The minimum atomic E-state index is -3.16. The predicted molar refractivity (Wildman–Crippen MR) is 59.9 cm³/mol. The van der Waals surface area contributed by atoms with Crippen molar-refractivity contribution in [2.45, 2.75) is 20.8 Å². The normalized spacial score (nSPS) is 13.6. The lowest BCUT2D eigenvalue weighted by Crippen LogP contribution is -2.02. The zero-order chi connectivity index (χ0) is 11.6. The molecule has 0 saturated carbocycles. The number of allylic oxidation sites excluding steroid dienone is 2. The molecule has 15 heavy (non-hydrogen) atoms. The number of hydrogen-bond acceptors (Lipinski definition) is 4. The van der Waals surface area contributed by atoms with Gasteiger partial charge in [-0.3, -0.25) is 0 Å². The van der Waals surface area contributed by atoms with E-state index in [1.54, 1.807) is 26.2 Å². The van der Waals surface area contributed by atoms with Crippen molar-refractivity contribution in [2.24, 2.45) is 0 Å². The summed E-state index contributed by atoms with van der Waals surface area (Å²) in [6.07, 6.45) is 4.52. The van der Waals surface area contributed by atoms with Gasteiger partial charge in [-0.15, -0.1) is 0 Å². The van der Waals surface area contributed by atoms with Gasteiger partial charge in [0, 0.05) is 29.1 Å². The van der Waals surface area contributed by atoms with Gasteiger partial charge in [0.1, 0.15) is 0 Å². The van der Waals surface area contributed by atoms with E-state index in [2.05, 4.69) is 9.97 Å². The Hall–Kier alpha value is -1.23. The average Bonchev–Trinajstić information content (AvgIpc) is 2.15. The Morgan fingerprint density at radius 2 is 1.67 bits per heavy atom. The van der Waals surface area contributed by atoms with Gasteiger partial charge in [-0.25, -0.2) is 18.4 Å². The zero-order valence-electron chi connectivity index (χ0n) is 9.27. The molecule has 0 radical (unpaired) electrons. The first-order chi connectivity index (χ1) is 6.82. The van der Waals surface area contributed by atoms with Crippen molar-refractivity contribution in [3.63, 3.8) is 0 Å². The highest BCUT2D eigenvalue weighted by Gasteiger charge is 2.12. The second-order valence-electron chi connectivity index (χ2n) is 3.54. The Kier molecular flexibility index (Phi) is 3.24. The Bertz CT molecular complexity index is 487. The summed E-state index contributed by atoms with van der Waals surface area (Å²) in [4.78, 5) is 8.47. The summed E-state index contributed by atoms with van der Waals surface area (Å²) in [5.41, 5.74) is 1.54. The van der Waals surface area contributed by atoms with E-state index >= 15 is 0 Å². The molecule has 0 spiro atoms. The van der Waals surface area contributed by atoms with E-state index in [1.807, 2.05) is 6.92 Å². The molecule has 0 saturated heterocycles. The molecule has 0 aliphatic rings. The zero-order valence-corrected chi connectivity index (χ0v) is 10.1. The lowest BCUT2D eigenvalue weighted by atomic mass is 10.2. The van der Waals surface area contributed by atoms with Gasteiger partial charge in [-0.05, 0) is 26.3 Å². The number of rotatable bonds is 2. The van der Waals surface area contributed by atoms with Crippen LogP contribution in [0.5, 0.6) is 0 Å². The lowest BCUT2D eigenvalue weighted by molar-refractivity contribution is 0.607. The summed E-state index contributed by atoms with van der Waals surface area (Å²) >= 11 is 0. The SMILES string of the molecule is C/C(=C(/C)S(C)(=O)=O)c1ncc(C)cn1. The molecule has 1 aromatic rings. The molecule has 0 aromatic carbocycles. The third-order valence-corrected chi connectivity index (χ3v) is 3.62. The average molecular weight is 226 g/mol. The Morgan fingerprint density at radius 1 is 1.20 bits per heavy atom. The monoisotopic (exact) mass is 226 g/mol. The highest BCUT2D eigenvalue weighted by molar-refractivity contribution is 7.94. The van der Waals surface area contributed by atoms with Crippen LogP contribution in [0.2, 0.25) is 0 Å². The quantitative estimate of drug-likeness (QED) is 0.768. The third-order valence-electron chi connectivity index (χ3n) is 2.20. The number of sulfone groups is 1. The Labute approximate surface area is 90.0 Å². The van der Waals surface area contributed by atoms with Crippen LogP contribution in [0.4, 0.5) is 0 Å². The first-order valence-electron chi connectivity index (χ1n) is 4.49. The van der Waals surface area contributed by atoms with Gasteiger partial charge in [0.25, 0.3) is 0 Å². The van der Waals surface area contributed by atoms with Crippen LogP contribution in [0, 0.1) is 6.92 Å². The van der Waals surface area contributed by atoms with E-state index in [1.165, 1.54) is 6.26 Å². The predicted octanol–water partition coefficient (Wildman–Crippen LogP) is 1.58. The van der Waals surface area contributed by atoms with Crippen LogP contribution in [0.1, 0.15) is 25.2 Å². The van der Waals surface area contributed by atoms with Gasteiger partial charge in [0.2, 0.25) is 0 Å². The second kappa shape index (κ2) is 4.10. The van der Waals surface area contributed by atoms with E-state index < -0.39 is 9.84 Å². The second-order valence-corrected chi connectivity index (χ2v) is 5.69. The molecule has 0 atom stereocenters. The summed E-state index contributed by atoms with van der Waals surface area (Å²) in [6, 6.07) is 0. The van der Waals surface area contributed by atoms with E-state index in [0.29, 0.717) is 16.3 Å². The maximum Gasteiger partial charge on any atom is 0.171 e. The summed E-state index contributed by atoms with van der Waals surface area (Å²) in [5.74, 6) is 0.462. The van der Waals surface area contributed by atoms with Gasteiger partial charge in [0.05, 0.1) is 0 Å². The molecule has 1 heterocycles. The summed E-state index contributed by atoms with van der Waals surface area (Å²) in [6.45, 7) is 5.15. The minimum absolute atomic E-state index is 0.311. The lowest BCUT2D eigenvalue weighted by Gasteiger charge is -2.04.